The third-order valence-corrected chi connectivity index (χ3v) is 10.1. The Labute approximate surface area is 209 Å². The maximum Gasteiger partial charge on any atom is 0.171 e. The largest absolute Gasteiger partial charge is 0.385 e. The average molecular weight is 477 g/mol. The van der Waals surface area contributed by atoms with Crippen molar-refractivity contribution < 1.29 is 19.4 Å². The van der Waals surface area contributed by atoms with Crippen LogP contribution in [0.4, 0.5) is 0 Å². The summed E-state index contributed by atoms with van der Waals surface area (Å²) in [6.45, 7) is 11.8. The van der Waals surface area contributed by atoms with Crippen LogP contribution in [0, 0.1) is 22.7 Å². The van der Waals surface area contributed by atoms with E-state index in [1.165, 1.54) is 16.7 Å². The second kappa shape index (κ2) is 7.87. The standard InChI is InChI=1S/C31H40O4/c1-5-20-6-8-21(9-7-20)23-16-29(4)24(10-11-26(29)32)22-12-14-30(33)17-31(15-13-25(30)27(22)23)34-18-28(2,3)19-35-31/h5-9,22-24,33H,1,10-19H2,2-4H3/t22-,23+,24-,29-,30+/m0/s1. The third kappa shape index (κ3) is 3.62. The molecule has 0 bridgehead atoms. The Hall–Kier alpha value is -1.75. The normalized spacial score (nSPS) is 39.7. The molecule has 4 nitrogen and oxygen atoms in total. The van der Waals surface area contributed by atoms with E-state index in [-0.39, 0.29) is 16.7 Å². The summed E-state index contributed by atoms with van der Waals surface area (Å²) in [4.78, 5) is 13.2. The Morgan fingerprint density at radius 3 is 2.43 bits per heavy atom. The SMILES string of the molecule is C=Cc1ccc([C@H]2C[C@]3(C)C(=O)CC[C@H]3[C@@H]3CC[C@@]4(O)CC5(CCC4=C32)OCC(C)(C)CO5)cc1. The summed E-state index contributed by atoms with van der Waals surface area (Å²) in [5, 5.41) is 12.2. The Bertz CT molecular complexity index is 1070. The highest BCUT2D eigenvalue weighted by Gasteiger charge is 2.60. The number of ether oxygens (including phenoxy) is 2. The number of carbonyl (C=O) groups is 1. The van der Waals surface area contributed by atoms with Gasteiger partial charge < -0.3 is 14.6 Å². The van der Waals surface area contributed by atoms with Crippen molar-refractivity contribution >= 4 is 11.9 Å². The van der Waals surface area contributed by atoms with E-state index in [1.54, 1.807) is 0 Å². The minimum absolute atomic E-state index is 0.00973. The summed E-state index contributed by atoms with van der Waals surface area (Å²) in [5.41, 5.74) is 3.90. The van der Waals surface area contributed by atoms with Crippen LogP contribution in [0.5, 0.6) is 0 Å². The minimum Gasteiger partial charge on any atom is -0.385 e. The molecule has 0 amide bonds. The maximum atomic E-state index is 13.2. The maximum absolute atomic E-state index is 13.2. The molecule has 5 atom stereocenters. The molecule has 1 aromatic carbocycles. The van der Waals surface area contributed by atoms with Gasteiger partial charge in [-0.3, -0.25) is 4.79 Å². The van der Waals surface area contributed by atoms with E-state index in [4.69, 9.17) is 9.47 Å². The van der Waals surface area contributed by atoms with Crippen LogP contribution in [0.15, 0.2) is 42.0 Å². The molecule has 3 saturated carbocycles. The fraction of sp³-hybridized carbons (Fsp3) is 0.645. The molecule has 4 heteroatoms. The zero-order valence-corrected chi connectivity index (χ0v) is 21.6. The van der Waals surface area contributed by atoms with Gasteiger partial charge in [0, 0.05) is 36.0 Å². The lowest BCUT2D eigenvalue weighted by atomic mass is 9.51. The quantitative estimate of drug-likeness (QED) is 0.517. The summed E-state index contributed by atoms with van der Waals surface area (Å²) in [5.74, 6) is 0.708. The van der Waals surface area contributed by atoms with Crippen molar-refractivity contribution in [2.75, 3.05) is 13.2 Å². The Morgan fingerprint density at radius 2 is 1.74 bits per heavy atom. The first-order chi connectivity index (χ1) is 16.6. The number of fused-ring (bicyclic) bond motifs is 4. The second-order valence-corrected chi connectivity index (χ2v) is 13.1. The van der Waals surface area contributed by atoms with Crippen LogP contribution in [0.3, 0.4) is 0 Å². The lowest BCUT2D eigenvalue weighted by Gasteiger charge is -2.56. The Morgan fingerprint density at radius 1 is 1.03 bits per heavy atom. The molecule has 188 valence electrons. The summed E-state index contributed by atoms with van der Waals surface area (Å²) in [6.07, 6.45) is 8.20. The van der Waals surface area contributed by atoms with E-state index in [0.717, 1.165) is 44.1 Å². The first-order valence-corrected chi connectivity index (χ1v) is 13.6. The molecule has 6 rings (SSSR count). The van der Waals surface area contributed by atoms with Crippen LogP contribution in [-0.2, 0) is 14.3 Å². The molecular formula is C31H40O4. The Kier molecular flexibility index (Phi) is 5.32. The lowest BCUT2D eigenvalue weighted by molar-refractivity contribution is -0.322. The van der Waals surface area contributed by atoms with Gasteiger partial charge in [-0.25, -0.2) is 0 Å². The van der Waals surface area contributed by atoms with E-state index < -0.39 is 11.4 Å². The smallest absolute Gasteiger partial charge is 0.171 e. The van der Waals surface area contributed by atoms with Gasteiger partial charge >= 0.3 is 0 Å². The van der Waals surface area contributed by atoms with E-state index in [1.807, 2.05) is 6.08 Å². The van der Waals surface area contributed by atoms with Crippen LogP contribution in [0.1, 0.15) is 89.2 Å². The molecular weight excluding hydrogens is 436 g/mol. The molecule has 0 aromatic heterocycles. The van der Waals surface area contributed by atoms with Gasteiger partial charge in [0.2, 0.25) is 0 Å². The number of ketones is 1. The fourth-order valence-corrected chi connectivity index (χ4v) is 8.19. The van der Waals surface area contributed by atoms with Gasteiger partial charge in [-0.05, 0) is 60.6 Å². The number of carbonyl (C=O) groups excluding carboxylic acids is 1. The van der Waals surface area contributed by atoms with E-state index in [0.29, 0.717) is 43.7 Å². The van der Waals surface area contributed by atoms with Gasteiger partial charge in [-0.15, -0.1) is 0 Å². The number of Topliss-reactive ketones (excluding diaryl/α,β-unsaturated/α-hetero) is 1. The number of rotatable bonds is 2. The highest BCUT2D eigenvalue weighted by molar-refractivity contribution is 5.87. The van der Waals surface area contributed by atoms with Crippen molar-refractivity contribution in [3.05, 3.63) is 53.1 Å². The number of benzene rings is 1. The molecule has 35 heavy (non-hydrogen) atoms. The molecule has 1 aromatic rings. The Balaban J connectivity index is 1.42. The third-order valence-electron chi connectivity index (χ3n) is 10.1. The number of hydrogen-bond acceptors (Lipinski definition) is 4. The molecule has 4 aliphatic carbocycles. The zero-order chi connectivity index (χ0) is 24.6. The molecule has 0 radical (unpaired) electrons. The first-order valence-electron chi connectivity index (χ1n) is 13.6. The highest BCUT2D eigenvalue weighted by Crippen LogP contribution is 2.64. The van der Waals surface area contributed by atoms with Gasteiger partial charge in [0.25, 0.3) is 0 Å². The first kappa shape index (κ1) is 23.6. The summed E-state index contributed by atoms with van der Waals surface area (Å²) >= 11 is 0. The van der Waals surface area contributed by atoms with Crippen molar-refractivity contribution in [3.8, 4) is 0 Å². The average Bonchev–Trinajstić information content (AvgIpc) is 3.14. The van der Waals surface area contributed by atoms with Crippen LogP contribution < -0.4 is 0 Å². The van der Waals surface area contributed by atoms with Crippen LogP contribution in [0.2, 0.25) is 0 Å². The van der Waals surface area contributed by atoms with Gasteiger partial charge in [0.15, 0.2) is 5.79 Å². The van der Waals surface area contributed by atoms with Crippen molar-refractivity contribution in [1.82, 2.24) is 0 Å². The summed E-state index contributed by atoms with van der Waals surface area (Å²) in [7, 11) is 0. The molecule has 5 aliphatic rings. The van der Waals surface area contributed by atoms with E-state index in [2.05, 4.69) is 51.6 Å². The number of allylic oxidation sites excluding steroid dienone is 1. The van der Waals surface area contributed by atoms with Gasteiger partial charge in [-0.1, -0.05) is 63.3 Å². The molecule has 4 fully saturated rings. The molecule has 1 aliphatic heterocycles. The van der Waals surface area contributed by atoms with Crippen LogP contribution >= 0.6 is 0 Å². The second-order valence-electron chi connectivity index (χ2n) is 13.1. The van der Waals surface area contributed by atoms with Gasteiger partial charge in [0.1, 0.15) is 5.78 Å². The fourth-order valence-electron chi connectivity index (χ4n) is 8.19. The minimum atomic E-state index is -0.888. The van der Waals surface area contributed by atoms with Crippen molar-refractivity contribution in [1.29, 1.82) is 0 Å². The van der Waals surface area contributed by atoms with Crippen molar-refractivity contribution in [2.24, 2.45) is 22.7 Å². The highest BCUT2D eigenvalue weighted by atomic mass is 16.7. The van der Waals surface area contributed by atoms with Gasteiger partial charge in [0.05, 0.1) is 18.8 Å². The molecule has 1 heterocycles. The van der Waals surface area contributed by atoms with Crippen molar-refractivity contribution in [3.63, 3.8) is 0 Å². The molecule has 1 spiro atoms. The van der Waals surface area contributed by atoms with E-state index in [9.17, 15) is 9.90 Å². The monoisotopic (exact) mass is 476 g/mol. The number of hydrogen-bond donors (Lipinski definition) is 1. The summed E-state index contributed by atoms with van der Waals surface area (Å²) < 4.78 is 12.7. The molecule has 1 saturated heterocycles. The van der Waals surface area contributed by atoms with E-state index >= 15 is 0 Å². The van der Waals surface area contributed by atoms with Crippen LogP contribution in [-0.4, -0.2) is 35.5 Å². The topological polar surface area (TPSA) is 55.8 Å². The molecule has 0 unspecified atom stereocenters. The zero-order valence-electron chi connectivity index (χ0n) is 21.6. The number of aliphatic hydroxyl groups is 1. The van der Waals surface area contributed by atoms with Crippen LogP contribution in [0.25, 0.3) is 6.08 Å². The van der Waals surface area contributed by atoms with Crippen molar-refractivity contribution in [2.45, 2.75) is 89.4 Å². The predicted molar refractivity (Wildman–Crippen MR) is 137 cm³/mol. The lowest BCUT2D eigenvalue weighted by Crippen LogP contribution is -2.57. The predicted octanol–water partition coefficient (Wildman–Crippen LogP) is 6.19. The molecule has 1 N–H and O–H groups in total. The summed E-state index contributed by atoms with van der Waals surface area (Å²) in [6, 6.07) is 8.68. The van der Waals surface area contributed by atoms with Gasteiger partial charge in [-0.2, -0.15) is 0 Å².